The second-order valence-corrected chi connectivity index (χ2v) is 6.30. The van der Waals surface area contributed by atoms with Crippen molar-refractivity contribution in [1.29, 1.82) is 0 Å². The van der Waals surface area contributed by atoms with Gasteiger partial charge in [0.2, 0.25) is 5.91 Å². The lowest BCUT2D eigenvalue weighted by atomic mass is 10.0. The third-order valence-corrected chi connectivity index (χ3v) is 4.51. The first kappa shape index (κ1) is 22.0. The summed E-state index contributed by atoms with van der Waals surface area (Å²) in [7, 11) is 0. The van der Waals surface area contributed by atoms with E-state index in [2.05, 4.69) is 36.9 Å². The van der Waals surface area contributed by atoms with Crippen molar-refractivity contribution >= 4 is 36.4 Å². The van der Waals surface area contributed by atoms with Gasteiger partial charge < -0.3 is 15.5 Å². The van der Waals surface area contributed by atoms with Crippen LogP contribution in [0.3, 0.4) is 0 Å². The quantitative estimate of drug-likeness (QED) is 0.900. The van der Waals surface area contributed by atoms with Gasteiger partial charge in [-0.2, -0.15) is 0 Å². The topological polar surface area (TPSA) is 49.6 Å². The molecule has 1 saturated heterocycles. The molecule has 1 amide bonds. The zero-order valence-corrected chi connectivity index (χ0v) is 16.0. The number of carbonyl (C=O) groups excluding carboxylic acids is 1. The first-order valence-electron chi connectivity index (χ1n) is 7.77. The van der Waals surface area contributed by atoms with Crippen LogP contribution < -0.4 is 10.6 Å². The van der Waals surface area contributed by atoms with Crippen LogP contribution in [-0.2, 0) is 4.79 Å². The SMILES string of the molecule is Cc1cccc(N2CCN(C(=O)C(N)C(C)C)CC2)c1C.Cl.Cl. The molecule has 2 N–H and O–H groups in total. The average molecular weight is 362 g/mol. The molecule has 4 nitrogen and oxygen atoms in total. The van der Waals surface area contributed by atoms with Gasteiger partial charge in [-0.1, -0.05) is 26.0 Å². The Labute approximate surface area is 152 Å². The van der Waals surface area contributed by atoms with Gasteiger partial charge in [-0.15, -0.1) is 24.8 Å². The molecule has 1 aliphatic rings. The van der Waals surface area contributed by atoms with Crippen LogP contribution in [0.5, 0.6) is 0 Å². The monoisotopic (exact) mass is 361 g/mol. The van der Waals surface area contributed by atoms with E-state index in [4.69, 9.17) is 5.73 Å². The van der Waals surface area contributed by atoms with Crippen molar-refractivity contribution < 1.29 is 4.79 Å². The third-order valence-electron chi connectivity index (χ3n) is 4.51. The Morgan fingerprint density at radius 2 is 1.65 bits per heavy atom. The molecule has 1 atom stereocenters. The van der Waals surface area contributed by atoms with Crippen LogP contribution in [0.4, 0.5) is 5.69 Å². The predicted octanol–water partition coefficient (Wildman–Crippen LogP) is 2.78. The van der Waals surface area contributed by atoms with Gasteiger partial charge in [0.1, 0.15) is 0 Å². The Morgan fingerprint density at radius 1 is 1.09 bits per heavy atom. The molecule has 1 aromatic carbocycles. The van der Waals surface area contributed by atoms with Crippen molar-refractivity contribution in [2.45, 2.75) is 33.7 Å². The lowest BCUT2D eigenvalue weighted by Gasteiger charge is -2.38. The maximum atomic E-state index is 12.3. The highest BCUT2D eigenvalue weighted by molar-refractivity contribution is 5.85. The number of halogens is 2. The fraction of sp³-hybridized carbons (Fsp3) is 0.588. The second-order valence-electron chi connectivity index (χ2n) is 6.30. The van der Waals surface area contributed by atoms with Crippen LogP contribution >= 0.6 is 24.8 Å². The van der Waals surface area contributed by atoms with Crippen molar-refractivity contribution in [2.24, 2.45) is 11.7 Å². The summed E-state index contributed by atoms with van der Waals surface area (Å²) in [5, 5.41) is 0. The van der Waals surface area contributed by atoms with Gasteiger partial charge in [0, 0.05) is 31.9 Å². The van der Waals surface area contributed by atoms with Crippen molar-refractivity contribution in [3.8, 4) is 0 Å². The van der Waals surface area contributed by atoms with E-state index in [0.717, 1.165) is 26.2 Å². The van der Waals surface area contributed by atoms with Crippen LogP contribution in [-0.4, -0.2) is 43.0 Å². The van der Waals surface area contributed by atoms with Gasteiger partial charge in [-0.25, -0.2) is 0 Å². The van der Waals surface area contributed by atoms with Crippen LogP contribution in [0.25, 0.3) is 0 Å². The van der Waals surface area contributed by atoms with E-state index in [9.17, 15) is 4.79 Å². The van der Waals surface area contributed by atoms with Crippen LogP contribution in [0, 0.1) is 19.8 Å². The Bertz CT molecular complexity index is 515. The fourth-order valence-corrected chi connectivity index (χ4v) is 2.74. The number of anilines is 1. The van der Waals surface area contributed by atoms with Gasteiger partial charge in [0.25, 0.3) is 0 Å². The second kappa shape index (κ2) is 9.36. The zero-order valence-electron chi connectivity index (χ0n) is 14.4. The molecule has 1 aliphatic heterocycles. The Morgan fingerprint density at radius 3 is 2.17 bits per heavy atom. The van der Waals surface area contributed by atoms with E-state index >= 15 is 0 Å². The lowest BCUT2D eigenvalue weighted by molar-refractivity contribution is -0.133. The summed E-state index contributed by atoms with van der Waals surface area (Å²) in [6, 6.07) is 6.03. The number of hydrogen-bond acceptors (Lipinski definition) is 3. The van der Waals surface area contributed by atoms with Gasteiger partial charge >= 0.3 is 0 Å². The molecule has 0 radical (unpaired) electrons. The van der Waals surface area contributed by atoms with E-state index in [0.29, 0.717) is 0 Å². The van der Waals surface area contributed by atoms with Gasteiger partial charge in [-0.05, 0) is 37.0 Å². The van der Waals surface area contributed by atoms with E-state index in [1.165, 1.54) is 16.8 Å². The number of piperazine rings is 1. The first-order chi connectivity index (χ1) is 9.91. The number of nitrogens with two attached hydrogens (primary N) is 1. The molecule has 0 aromatic heterocycles. The number of rotatable bonds is 3. The Kier molecular flexibility index (Phi) is 8.96. The summed E-state index contributed by atoms with van der Waals surface area (Å²) in [5.74, 6) is 0.278. The molecule has 1 heterocycles. The van der Waals surface area contributed by atoms with Gasteiger partial charge in [-0.3, -0.25) is 4.79 Å². The largest absolute Gasteiger partial charge is 0.368 e. The standard InChI is InChI=1S/C17H27N3O.2ClH/c1-12(2)16(18)17(21)20-10-8-19(9-11-20)15-7-5-6-13(3)14(15)4;;/h5-7,12,16H,8-11,18H2,1-4H3;2*1H. The molecule has 1 fully saturated rings. The highest BCUT2D eigenvalue weighted by Crippen LogP contribution is 2.24. The smallest absolute Gasteiger partial charge is 0.239 e. The molecule has 0 spiro atoms. The molecule has 2 rings (SSSR count). The number of amides is 1. The van der Waals surface area contributed by atoms with Crippen molar-refractivity contribution in [3.63, 3.8) is 0 Å². The van der Waals surface area contributed by atoms with Gasteiger partial charge in [0.05, 0.1) is 6.04 Å². The number of benzene rings is 1. The van der Waals surface area contributed by atoms with E-state index in [-0.39, 0.29) is 42.7 Å². The lowest BCUT2D eigenvalue weighted by Crippen LogP contribution is -2.54. The molecular weight excluding hydrogens is 333 g/mol. The molecule has 0 saturated carbocycles. The van der Waals surface area contributed by atoms with Gasteiger partial charge in [0.15, 0.2) is 0 Å². The van der Waals surface area contributed by atoms with Crippen LogP contribution in [0.15, 0.2) is 18.2 Å². The molecule has 0 aliphatic carbocycles. The maximum absolute atomic E-state index is 12.3. The summed E-state index contributed by atoms with van der Waals surface area (Å²) in [5.41, 5.74) is 9.91. The minimum absolute atomic E-state index is 0. The molecule has 6 heteroatoms. The molecule has 0 bridgehead atoms. The molecular formula is C17H29Cl2N3O. The predicted molar refractivity (Wildman–Crippen MR) is 102 cm³/mol. The summed E-state index contributed by atoms with van der Waals surface area (Å²) >= 11 is 0. The number of nitrogens with zero attached hydrogens (tertiary/aromatic N) is 2. The van der Waals surface area contributed by atoms with E-state index < -0.39 is 0 Å². The van der Waals surface area contributed by atoms with Crippen molar-refractivity contribution in [1.82, 2.24) is 4.90 Å². The van der Waals surface area contributed by atoms with E-state index in [1.54, 1.807) is 0 Å². The minimum Gasteiger partial charge on any atom is -0.368 e. The Balaban J connectivity index is 0.00000242. The maximum Gasteiger partial charge on any atom is 0.239 e. The van der Waals surface area contributed by atoms with Crippen molar-refractivity contribution in [3.05, 3.63) is 29.3 Å². The van der Waals surface area contributed by atoms with E-state index in [1.807, 2.05) is 18.7 Å². The zero-order chi connectivity index (χ0) is 15.6. The summed E-state index contributed by atoms with van der Waals surface area (Å²) in [6.07, 6.45) is 0. The molecule has 23 heavy (non-hydrogen) atoms. The highest BCUT2D eigenvalue weighted by Gasteiger charge is 2.27. The fourth-order valence-electron chi connectivity index (χ4n) is 2.74. The van der Waals surface area contributed by atoms with Crippen LogP contribution in [0.2, 0.25) is 0 Å². The Hall–Kier alpha value is -0.970. The van der Waals surface area contributed by atoms with Crippen LogP contribution in [0.1, 0.15) is 25.0 Å². The third kappa shape index (κ3) is 5.00. The normalized spacial score (nSPS) is 15.7. The summed E-state index contributed by atoms with van der Waals surface area (Å²) in [4.78, 5) is 16.6. The molecule has 132 valence electrons. The number of aryl methyl sites for hydroxylation is 1. The number of carbonyl (C=O) groups is 1. The summed E-state index contributed by atoms with van der Waals surface area (Å²) < 4.78 is 0. The minimum atomic E-state index is -0.378. The molecule has 1 unspecified atom stereocenters. The molecule has 1 aromatic rings. The van der Waals surface area contributed by atoms with Crippen molar-refractivity contribution in [2.75, 3.05) is 31.1 Å². The first-order valence-corrected chi connectivity index (χ1v) is 7.77. The number of hydrogen-bond donors (Lipinski definition) is 1. The highest BCUT2D eigenvalue weighted by atomic mass is 35.5. The average Bonchev–Trinajstić information content (AvgIpc) is 2.48. The summed E-state index contributed by atoms with van der Waals surface area (Å²) in [6.45, 7) is 11.6.